The summed E-state index contributed by atoms with van der Waals surface area (Å²) in [6.07, 6.45) is 1.32. The van der Waals surface area contributed by atoms with E-state index in [1.807, 2.05) is 27.7 Å². The maximum absolute atomic E-state index is 12.5. The number of ether oxygens (including phenoxy) is 1. The molecular formula is C15H25NO4S. The van der Waals surface area contributed by atoms with Gasteiger partial charge in [-0.1, -0.05) is 13.8 Å². The lowest BCUT2D eigenvalue weighted by molar-refractivity contribution is 0.253. The monoisotopic (exact) mass is 315 g/mol. The molecule has 0 radical (unpaired) electrons. The van der Waals surface area contributed by atoms with Crippen LogP contribution in [0.3, 0.4) is 0 Å². The largest absolute Gasteiger partial charge is 0.492 e. The molecule has 0 aliphatic carbocycles. The lowest BCUT2D eigenvalue weighted by Crippen LogP contribution is -2.37. The van der Waals surface area contributed by atoms with Crippen molar-refractivity contribution in [2.45, 2.75) is 51.5 Å². The van der Waals surface area contributed by atoms with Crippen LogP contribution in [0.1, 0.15) is 37.8 Å². The van der Waals surface area contributed by atoms with Crippen molar-refractivity contribution in [3.05, 3.63) is 23.3 Å². The molecule has 0 aromatic heterocycles. The van der Waals surface area contributed by atoms with Gasteiger partial charge in [0.05, 0.1) is 13.2 Å². The maximum Gasteiger partial charge on any atom is 0.244 e. The summed E-state index contributed by atoms with van der Waals surface area (Å²) in [5.41, 5.74) is 1.87. The Hall–Kier alpha value is -1.11. The van der Waals surface area contributed by atoms with E-state index in [2.05, 4.69) is 4.72 Å². The molecule has 21 heavy (non-hydrogen) atoms. The molecule has 5 nitrogen and oxygen atoms in total. The molecule has 0 amide bonds. The summed E-state index contributed by atoms with van der Waals surface area (Å²) in [5, 5.41) is 9.19. The average molecular weight is 315 g/mol. The van der Waals surface area contributed by atoms with Gasteiger partial charge in [0.15, 0.2) is 0 Å². The molecule has 0 saturated carbocycles. The Morgan fingerprint density at radius 3 is 2.38 bits per heavy atom. The van der Waals surface area contributed by atoms with Crippen LogP contribution in [-0.2, 0) is 10.0 Å². The molecule has 1 aromatic rings. The third kappa shape index (κ3) is 4.69. The first kappa shape index (κ1) is 17.9. The first-order valence-electron chi connectivity index (χ1n) is 7.22. The minimum absolute atomic E-state index is 0.131. The molecule has 6 heteroatoms. The second-order valence-electron chi connectivity index (χ2n) is 5.14. The van der Waals surface area contributed by atoms with Gasteiger partial charge in [0, 0.05) is 6.04 Å². The third-order valence-electron chi connectivity index (χ3n) is 3.35. The van der Waals surface area contributed by atoms with Gasteiger partial charge in [-0.15, -0.1) is 0 Å². The molecule has 0 saturated heterocycles. The zero-order valence-electron chi connectivity index (χ0n) is 13.1. The van der Waals surface area contributed by atoms with Crippen molar-refractivity contribution in [2.75, 3.05) is 13.2 Å². The van der Waals surface area contributed by atoms with Gasteiger partial charge in [-0.25, -0.2) is 13.1 Å². The normalized spacial score (nSPS) is 13.2. The summed E-state index contributed by atoms with van der Waals surface area (Å²) in [4.78, 5) is 0.131. The van der Waals surface area contributed by atoms with E-state index in [1.54, 1.807) is 12.1 Å². The van der Waals surface area contributed by atoms with Gasteiger partial charge in [-0.2, -0.15) is 0 Å². The molecule has 0 aliphatic rings. The zero-order valence-corrected chi connectivity index (χ0v) is 14.0. The van der Waals surface area contributed by atoms with Crippen molar-refractivity contribution in [1.82, 2.24) is 4.72 Å². The molecule has 0 aliphatic heterocycles. The van der Waals surface area contributed by atoms with E-state index in [-0.39, 0.29) is 11.5 Å². The maximum atomic E-state index is 12.5. The Bertz CT molecular complexity index is 565. The number of hydrogen-bond donors (Lipinski definition) is 2. The van der Waals surface area contributed by atoms with Crippen molar-refractivity contribution in [2.24, 2.45) is 0 Å². The van der Waals surface area contributed by atoms with Crippen LogP contribution >= 0.6 is 0 Å². The third-order valence-corrected chi connectivity index (χ3v) is 4.89. The molecule has 1 atom stereocenters. The lowest BCUT2D eigenvalue weighted by atomic mass is 10.1. The summed E-state index contributed by atoms with van der Waals surface area (Å²) in [7, 11) is -3.72. The molecule has 0 heterocycles. The molecule has 1 aromatic carbocycles. The predicted octanol–water partition coefficient (Wildman–Crippen LogP) is 2.14. The zero-order chi connectivity index (χ0) is 16.0. The fourth-order valence-corrected chi connectivity index (χ4v) is 3.35. The lowest BCUT2D eigenvalue weighted by Gasteiger charge is -2.18. The molecule has 120 valence electrons. The Balaban J connectivity index is 3.22. The van der Waals surface area contributed by atoms with Crippen molar-refractivity contribution in [1.29, 1.82) is 0 Å². The highest BCUT2D eigenvalue weighted by Crippen LogP contribution is 2.28. The quantitative estimate of drug-likeness (QED) is 0.770. The van der Waals surface area contributed by atoms with Crippen LogP contribution in [0.2, 0.25) is 0 Å². The van der Waals surface area contributed by atoms with Crippen LogP contribution in [0.4, 0.5) is 0 Å². The van der Waals surface area contributed by atoms with E-state index >= 15 is 0 Å². The van der Waals surface area contributed by atoms with Crippen LogP contribution in [0.25, 0.3) is 0 Å². The van der Waals surface area contributed by atoms with Gasteiger partial charge in [0.2, 0.25) is 10.0 Å². The Labute approximate surface area is 127 Å². The number of aryl methyl sites for hydroxylation is 2. The first-order valence-corrected chi connectivity index (χ1v) is 8.71. The number of nitrogens with one attached hydrogen (secondary N) is 1. The Kier molecular flexibility index (Phi) is 6.64. The summed E-state index contributed by atoms with van der Waals surface area (Å²) in [6.45, 7) is 7.79. The summed E-state index contributed by atoms with van der Waals surface area (Å²) < 4.78 is 33.1. The van der Waals surface area contributed by atoms with Gasteiger partial charge in [0.1, 0.15) is 10.6 Å². The van der Waals surface area contributed by atoms with Gasteiger partial charge in [0.25, 0.3) is 0 Å². The van der Waals surface area contributed by atoms with Crippen LogP contribution < -0.4 is 9.46 Å². The van der Waals surface area contributed by atoms with Crippen LogP contribution in [-0.4, -0.2) is 32.8 Å². The van der Waals surface area contributed by atoms with Gasteiger partial charge in [-0.05, 0) is 49.9 Å². The van der Waals surface area contributed by atoms with Crippen molar-refractivity contribution in [3.8, 4) is 5.75 Å². The van der Waals surface area contributed by atoms with E-state index in [4.69, 9.17) is 4.74 Å². The number of hydrogen-bond acceptors (Lipinski definition) is 4. The van der Waals surface area contributed by atoms with E-state index in [1.165, 1.54) is 0 Å². The molecule has 0 unspecified atom stereocenters. The minimum Gasteiger partial charge on any atom is -0.492 e. The second kappa shape index (κ2) is 7.77. The van der Waals surface area contributed by atoms with E-state index < -0.39 is 16.1 Å². The second-order valence-corrected chi connectivity index (χ2v) is 6.82. The average Bonchev–Trinajstić information content (AvgIpc) is 2.45. The van der Waals surface area contributed by atoms with Crippen LogP contribution in [0, 0.1) is 13.8 Å². The number of sulfonamides is 1. The Morgan fingerprint density at radius 2 is 1.86 bits per heavy atom. The molecule has 0 fully saturated rings. The molecular weight excluding hydrogens is 290 g/mol. The topological polar surface area (TPSA) is 75.6 Å². The van der Waals surface area contributed by atoms with Crippen molar-refractivity contribution >= 4 is 10.0 Å². The number of rotatable bonds is 8. The van der Waals surface area contributed by atoms with E-state index in [0.717, 1.165) is 17.5 Å². The van der Waals surface area contributed by atoms with Crippen LogP contribution in [0.5, 0.6) is 5.75 Å². The highest BCUT2D eigenvalue weighted by Gasteiger charge is 2.23. The summed E-state index contributed by atoms with van der Waals surface area (Å²) in [6, 6.07) is 2.88. The number of benzene rings is 1. The highest BCUT2D eigenvalue weighted by molar-refractivity contribution is 7.89. The fraction of sp³-hybridized carbons (Fsp3) is 0.600. The van der Waals surface area contributed by atoms with E-state index in [9.17, 15) is 13.5 Å². The van der Waals surface area contributed by atoms with Crippen molar-refractivity contribution < 1.29 is 18.3 Å². The predicted molar refractivity (Wildman–Crippen MR) is 83.2 cm³/mol. The summed E-state index contributed by atoms with van der Waals surface area (Å²) >= 11 is 0. The Morgan fingerprint density at radius 1 is 1.24 bits per heavy atom. The fourth-order valence-electron chi connectivity index (χ4n) is 1.83. The van der Waals surface area contributed by atoms with Crippen molar-refractivity contribution in [3.63, 3.8) is 0 Å². The van der Waals surface area contributed by atoms with Gasteiger partial charge < -0.3 is 9.84 Å². The first-order chi connectivity index (χ1) is 9.85. The SMILES string of the molecule is CCCOc1cc(C)c(C)cc1S(=O)(=O)N[C@@H](CC)CO. The molecule has 1 rings (SSSR count). The van der Waals surface area contributed by atoms with E-state index in [0.29, 0.717) is 18.8 Å². The molecule has 0 spiro atoms. The van der Waals surface area contributed by atoms with Gasteiger partial charge >= 0.3 is 0 Å². The number of aliphatic hydroxyl groups is 1. The molecule has 2 N–H and O–H groups in total. The highest BCUT2D eigenvalue weighted by atomic mass is 32.2. The smallest absolute Gasteiger partial charge is 0.244 e. The molecule has 0 bridgehead atoms. The van der Waals surface area contributed by atoms with Crippen LogP contribution in [0.15, 0.2) is 17.0 Å². The number of aliphatic hydroxyl groups excluding tert-OH is 1. The summed E-state index contributed by atoms with van der Waals surface area (Å²) in [5.74, 6) is 0.361. The standard InChI is InChI=1S/C15H25NO4S/c1-5-7-20-14-8-11(3)12(4)9-15(14)21(18,19)16-13(6-2)10-17/h8-9,13,16-17H,5-7,10H2,1-4H3/t13-/m0/s1. The minimum atomic E-state index is -3.72. The van der Waals surface area contributed by atoms with Gasteiger partial charge in [-0.3, -0.25) is 0 Å².